The van der Waals surface area contributed by atoms with Gasteiger partial charge in [-0.1, -0.05) is 6.92 Å². The molecule has 3 N–H and O–H groups in total. The molecule has 17 heavy (non-hydrogen) atoms. The highest BCUT2D eigenvalue weighted by Crippen LogP contribution is 2.18. The number of carbonyl (C=O) groups excluding carboxylic acids is 1. The fraction of sp³-hybridized carbons (Fsp3) is 0.500. The largest absolute Gasteiger partial charge is 0.396 e. The summed E-state index contributed by atoms with van der Waals surface area (Å²) in [5, 5.41) is 2.82. The molecule has 0 aliphatic rings. The molecule has 0 fully saturated rings. The van der Waals surface area contributed by atoms with Crippen molar-refractivity contribution in [3.05, 3.63) is 17.8 Å². The Morgan fingerprint density at radius 3 is 2.88 bits per heavy atom. The summed E-state index contributed by atoms with van der Waals surface area (Å²) < 4.78 is 0. The number of aryl methyl sites for hydroxylation is 1. The highest BCUT2D eigenvalue weighted by Gasteiger charge is 2.10. The van der Waals surface area contributed by atoms with E-state index in [-0.39, 0.29) is 12.5 Å². The number of aromatic nitrogens is 1. The molecule has 0 aliphatic heterocycles. The number of nitrogens with one attached hydrogen (secondary N) is 1. The fourth-order valence-electron chi connectivity index (χ4n) is 1.47. The van der Waals surface area contributed by atoms with E-state index in [0.29, 0.717) is 18.1 Å². The molecule has 1 amide bonds. The van der Waals surface area contributed by atoms with Gasteiger partial charge >= 0.3 is 0 Å². The van der Waals surface area contributed by atoms with Crippen LogP contribution in [0, 0.1) is 6.92 Å². The van der Waals surface area contributed by atoms with E-state index in [2.05, 4.69) is 10.3 Å². The van der Waals surface area contributed by atoms with Gasteiger partial charge in [0.25, 0.3) is 0 Å². The quantitative estimate of drug-likeness (QED) is 0.798. The molecular formula is C12H20N4O. The fourth-order valence-corrected chi connectivity index (χ4v) is 1.47. The number of hydrogen-bond acceptors (Lipinski definition) is 4. The summed E-state index contributed by atoms with van der Waals surface area (Å²) >= 11 is 0. The molecule has 94 valence electrons. The normalized spacial score (nSPS) is 10.1. The minimum atomic E-state index is -0.0166. The number of amides is 1. The maximum absolute atomic E-state index is 11.6. The number of carbonyl (C=O) groups is 1. The third-order valence-corrected chi connectivity index (χ3v) is 2.36. The summed E-state index contributed by atoms with van der Waals surface area (Å²) in [6.45, 7) is 4.88. The van der Waals surface area contributed by atoms with Gasteiger partial charge in [-0.3, -0.25) is 4.79 Å². The van der Waals surface area contributed by atoms with Gasteiger partial charge in [0.2, 0.25) is 5.91 Å². The zero-order valence-electron chi connectivity index (χ0n) is 10.7. The van der Waals surface area contributed by atoms with Gasteiger partial charge in [0.15, 0.2) is 5.82 Å². The number of nitrogens with two attached hydrogens (primary N) is 1. The van der Waals surface area contributed by atoms with E-state index in [1.165, 1.54) is 0 Å². The third-order valence-electron chi connectivity index (χ3n) is 2.36. The van der Waals surface area contributed by atoms with E-state index in [0.717, 1.165) is 12.1 Å². The zero-order valence-corrected chi connectivity index (χ0v) is 10.7. The number of nitrogens with zero attached hydrogens (tertiary/aromatic N) is 2. The maximum Gasteiger partial charge on any atom is 0.239 e. The van der Waals surface area contributed by atoms with E-state index in [1.807, 2.05) is 27.0 Å². The smallest absolute Gasteiger partial charge is 0.239 e. The van der Waals surface area contributed by atoms with E-state index < -0.39 is 0 Å². The molecule has 5 heteroatoms. The maximum atomic E-state index is 11.6. The summed E-state index contributed by atoms with van der Waals surface area (Å²) in [6, 6.07) is 3.65. The lowest BCUT2D eigenvalue weighted by molar-refractivity contribution is -0.119. The lowest BCUT2D eigenvalue weighted by Crippen LogP contribution is -2.36. The summed E-state index contributed by atoms with van der Waals surface area (Å²) in [4.78, 5) is 17.6. The molecule has 0 bridgehead atoms. The molecule has 1 aromatic heterocycles. The van der Waals surface area contributed by atoms with Gasteiger partial charge in [0.05, 0.1) is 12.2 Å². The van der Waals surface area contributed by atoms with Crippen molar-refractivity contribution in [2.45, 2.75) is 20.3 Å². The van der Waals surface area contributed by atoms with Crippen LogP contribution in [0.4, 0.5) is 11.5 Å². The molecule has 1 heterocycles. The van der Waals surface area contributed by atoms with Crippen LogP contribution in [0.25, 0.3) is 0 Å². The Morgan fingerprint density at radius 1 is 1.53 bits per heavy atom. The van der Waals surface area contributed by atoms with Crippen LogP contribution in [0.1, 0.15) is 19.0 Å². The SMILES string of the molecule is CCCNC(=O)CN(C)c1nc(C)ccc1N. The number of rotatable bonds is 5. The Hall–Kier alpha value is -1.78. The third kappa shape index (κ3) is 3.94. The van der Waals surface area contributed by atoms with Crippen LogP contribution in [0.5, 0.6) is 0 Å². The van der Waals surface area contributed by atoms with Crippen LogP contribution in [0.15, 0.2) is 12.1 Å². The number of anilines is 2. The van der Waals surface area contributed by atoms with Gasteiger partial charge < -0.3 is 16.0 Å². The van der Waals surface area contributed by atoms with E-state index in [4.69, 9.17) is 5.73 Å². The summed E-state index contributed by atoms with van der Waals surface area (Å²) in [7, 11) is 1.81. The van der Waals surface area contributed by atoms with Crippen molar-refractivity contribution in [2.75, 3.05) is 30.8 Å². The van der Waals surface area contributed by atoms with Crippen molar-refractivity contribution in [1.29, 1.82) is 0 Å². The average Bonchev–Trinajstić information content (AvgIpc) is 2.29. The molecule has 0 radical (unpaired) electrons. The molecule has 1 aromatic rings. The first-order chi connectivity index (χ1) is 8.04. The van der Waals surface area contributed by atoms with Crippen molar-refractivity contribution >= 4 is 17.4 Å². The van der Waals surface area contributed by atoms with Gasteiger partial charge in [0, 0.05) is 19.3 Å². The second-order valence-corrected chi connectivity index (χ2v) is 4.07. The topological polar surface area (TPSA) is 71.2 Å². The van der Waals surface area contributed by atoms with Crippen LogP contribution in [-0.2, 0) is 4.79 Å². The van der Waals surface area contributed by atoms with Crippen LogP contribution >= 0.6 is 0 Å². The van der Waals surface area contributed by atoms with E-state index in [1.54, 1.807) is 11.0 Å². The molecule has 5 nitrogen and oxygen atoms in total. The van der Waals surface area contributed by atoms with E-state index in [9.17, 15) is 4.79 Å². The minimum absolute atomic E-state index is 0.0166. The molecule has 0 spiro atoms. The van der Waals surface area contributed by atoms with Gasteiger partial charge in [0.1, 0.15) is 0 Å². The zero-order chi connectivity index (χ0) is 12.8. The summed E-state index contributed by atoms with van der Waals surface area (Å²) in [5.41, 5.74) is 7.30. The first-order valence-corrected chi connectivity index (χ1v) is 5.75. The average molecular weight is 236 g/mol. The van der Waals surface area contributed by atoms with Gasteiger partial charge in [-0.15, -0.1) is 0 Å². The molecule has 0 aliphatic carbocycles. The highest BCUT2D eigenvalue weighted by molar-refractivity contribution is 5.82. The molecule has 0 aromatic carbocycles. The second kappa shape index (κ2) is 6.08. The van der Waals surface area contributed by atoms with Crippen molar-refractivity contribution in [3.63, 3.8) is 0 Å². The predicted octanol–water partition coefficient (Wildman–Crippen LogP) is 0.935. The molecule has 0 saturated heterocycles. The van der Waals surface area contributed by atoms with Crippen LogP contribution in [0.2, 0.25) is 0 Å². The van der Waals surface area contributed by atoms with Crippen molar-refractivity contribution in [1.82, 2.24) is 10.3 Å². The minimum Gasteiger partial charge on any atom is -0.396 e. The molecule has 0 saturated carbocycles. The first-order valence-electron chi connectivity index (χ1n) is 5.75. The highest BCUT2D eigenvalue weighted by atomic mass is 16.2. The number of nitrogen functional groups attached to an aromatic ring is 1. The molecule has 1 rings (SSSR count). The Bertz CT molecular complexity index is 392. The van der Waals surface area contributed by atoms with Crippen molar-refractivity contribution in [3.8, 4) is 0 Å². The standard InChI is InChI=1S/C12H20N4O/c1-4-7-14-11(17)8-16(3)12-10(13)6-5-9(2)15-12/h5-6H,4,7-8,13H2,1-3H3,(H,14,17). The van der Waals surface area contributed by atoms with Crippen LogP contribution in [-0.4, -0.2) is 31.0 Å². The van der Waals surface area contributed by atoms with Gasteiger partial charge in [-0.2, -0.15) is 0 Å². The number of hydrogen-bond donors (Lipinski definition) is 2. The molecular weight excluding hydrogens is 216 g/mol. The van der Waals surface area contributed by atoms with Gasteiger partial charge in [-0.25, -0.2) is 4.98 Å². The lowest BCUT2D eigenvalue weighted by atomic mass is 10.3. The predicted molar refractivity (Wildman–Crippen MR) is 70.0 cm³/mol. The second-order valence-electron chi connectivity index (χ2n) is 4.07. The molecule has 0 unspecified atom stereocenters. The van der Waals surface area contributed by atoms with Crippen LogP contribution < -0.4 is 16.0 Å². The van der Waals surface area contributed by atoms with Gasteiger partial charge in [-0.05, 0) is 25.5 Å². The van der Waals surface area contributed by atoms with Crippen molar-refractivity contribution < 1.29 is 4.79 Å². The first kappa shape index (κ1) is 13.3. The number of likely N-dealkylation sites (N-methyl/N-ethyl adjacent to an activating group) is 1. The summed E-state index contributed by atoms with van der Waals surface area (Å²) in [5.74, 6) is 0.633. The Kier molecular flexibility index (Phi) is 4.75. The molecule has 0 atom stereocenters. The van der Waals surface area contributed by atoms with Crippen molar-refractivity contribution in [2.24, 2.45) is 0 Å². The Balaban J connectivity index is 2.66. The summed E-state index contributed by atoms with van der Waals surface area (Å²) in [6.07, 6.45) is 0.931. The monoisotopic (exact) mass is 236 g/mol. The lowest BCUT2D eigenvalue weighted by Gasteiger charge is -2.19. The van der Waals surface area contributed by atoms with E-state index >= 15 is 0 Å². The number of pyridine rings is 1. The Morgan fingerprint density at radius 2 is 2.24 bits per heavy atom. The Labute approximate surface area is 102 Å². The van der Waals surface area contributed by atoms with Crippen LogP contribution in [0.3, 0.4) is 0 Å².